The minimum Gasteiger partial charge on any atom is -0.345 e. The summed E-state index contributed by atoms with van der Waals surface area (Å²) in [5.74, 6) is -0.0515. The highest BCUT2D eigenvalue weighted by molar-refractivity contribution is 9.10. The van der Waals surface area contributed by atoms with E-state index in [1.807, 2.05) is 13.2 Å². The Labute approximate surface area is 108 Å². The molecule has 0 bridgehead atoms. The predicted molar refractivity (Wildman–Crippen MR) is 70.1 cm³/mol. The summed E-state index contributed by atoms with van der Waals surface area (Å²) in [6, 6.07) is 5.41. The summed E-state index contributed by atoms with van der Waals surface area (Å²) < 4.78 is 2.69. The van der Waals surface area contributed by atoms with Crippen LogP contribution < -0.4 is 4.90 Å². The quantitative estimate of drug-likeness (QED) is 0.853. The Bertz CT molecular complexity index is 536. The molecule has 2 rings (SSSR count). The molecular formula is C12H12BrN3O. The molecule has 0 spiro atoms. The van der Waals surface area contributed by atoms with Crippen molar-refractivity contribution in [3.8, 4) is 0 Å². The average Bonchev–Trinajstić information content (AvgIpc) is 2.68. The summed E-state index contributed by atoms with van der Waals surface area (Å²) in [5.41, 5.74) is 1.46. The number of hydrogen-bond acceptors (Lipinski definition) is 2. The van der Waals surface area contributed by atoms with E-state index in [0.717, 1.165) is 10.2 Å². The Kier molecular flexibility index (Phi) is 3.28. The van der Waals surface area contributed by atoms with Crippen molar-refractivity contribution in [3.63, 3.8) is 0 Å². The molecule has 2 aromatic rings. The third kappa shape index (κ3) is 2.39. The first-order valence-corrected chi connectivity index (χ1v) is 5.89. The zero-order chi connectivity index (χ0) is 12.4. The maximum atomic E-state index is 12.2. The molecule has 5 heteroatoms. The lowest BCUT2D eigenvalue weighted by molar-refractivity contribution is 0.0985. The summed E-state index contributed by atoms with van der Waals surface area (Å²) >= 11 is 3.36. The highest BCUT2D eigenvalue weighted by atomic mass is 79.9. The van der Waals surface area contributed by atoms with Gasteiger partial charge in [0, 0.05) is 42.8 Å². The number of amides is 1. The number of carbonyl (C=O) groups is 1. The largest absolute Gasteiger partial charge is 0.345 e. The summed E-state index contributed by atoms with van der Waals surface area (Å²) in [4.78, 5) is 17.8. The van der Waals surface area contributed by atoms with Gasteiger partial charge in [0.05, 0.1) is 0 Å². The number of halogens is 1. The van der Waals surface area contributed by atoms with E-state index in [9.17, 15) is 4.79 Å². The van der Waals surface area contributed by atoms with Crippen LogP contribution in [0.4, 0.5) is 5.69 Å². The van der Waals surface area contributed by atoms with Gasteiger partial charge in [0.25, 0.3) is 5.91 Å². The normalized spacial score (nSPS) is 10.3. The van der Waals surface area contributed by atoms with Gasteiger partial charge in [-0.3, -0.25) is 9.78 Å². The van der Waals surface area contributed by atoms with Crippen LogP contribution in [0.25, 0.3) is 0 Å². The van der Waals surface area contributed by atoms with Gasteiger partial charge in [0.1, 0.15) is 5.69 Å². The van der Waals surface area contributed by atoms with E-state index in [1.54, 1.807) is 47.1 Å². The highest BCUT2D eigenvalue weighted by Gasteiger charge is 2.16. The molecule has 0 aliphatic rings. The minimum atomic E-state index is -0.0515. The van der Waals surface area contributed by atoms with Crippen molar-refractivity contribution in [1.29, 1.82) is 0 Å². The van der Waals surface area contributed by atoms with Gasteiger partial charge in [-0.05, 0) is 34.1 Å². The summed E-state index contributed by atoms with van der Waals surface area (Å²) in [5, 5.41) is 0. The van der Waals surface area contributed by atoms with E-state index in [-0.39, 0.29) is 5.91 Å². The Morgan fingerprint density at radius 1 is 1.41 bits per heavy atom. The molecule has 0 saturated carbocycles. The molecule has 0 aromatic carbocycles. The van der Waals surface area contributed by atoms with Crippen LogP contribution in [0.15, 0.2) is 41.3 Å². The van der Waals surface area contributed by atoms with E-state index >= 15 is 0 Å². The molecule has 0 radical (unpaired) electrons. The molecule has 0 fully saturated rings. The Balaban J connectivity index is 2.30. The lowest BCUT2D eigenvalue weighted by atomic mass is 10.3. The van der Waals surface area contributed by atoms with E-state index in [2.05, 4.69) is 20.9 Å². The van der Waals surface area contributed by atoms with Crippen molar-refractivity contribution in [1.82, 2.24) is 9.55 Å². The number of hydrogen-bond donors (Lipinski definition) is 0. The highest BCUT2D eigenvalue weighted by Crippen LogP contribution is 2.18. The molecule has 2 heterocycles. The average molecular weight is 294 g/mol. The lowest BCUT2D eigenvalue weighted by Crippen LogP contribution is -2.27. The molecule has 0 atom stereocenters. The topological polar surface area (TPSA) is 38.1 Å². The van der Waals surface area contributed by atoms with Gasteiger partial charge in [-0.2, -0.15) is 0 Å². The van der Waals surface area contributed by atoms with Crippen LogP contribution in [-0.4, -0.2) is 22.5 Å². The fraction of sp³-hybridized carbons (Fsp3) is 0.167. The van der Waals surface area contributed by atoms with Crippen LogP contribution >= 0.6 is 15.9 Å². The number of nitrogens with zero attached hydrogens (tertiary/aromatic N) is 3. The number of aromatic nitrogens is 2. The zero-order valence-electron chi connectivity index (χ0n) is 9.59. The van der Waals surface area contributed by atoms with Gasteiger partial charge in [0.15, 0.2) is 0 Å². The van der Waals surface area contributed by atoms with E-state index < -0.39 is 0 Å². The molecule has 88 valence electrons. The van der Waals surface area contributed by atoms with E-state index in [1.165, 1.54) is 0 Å². The third-order valence-electron chi connectivity index (χ3n) is 2.55. The summed E-state index contributed by atoms with van der Waals surface area (Å²) in [6.07, 6.45) is 5.19. The van der Waals surface area contributed by atoms with Crippen LogP contribution in [0.3, 0.4) is 0 Å². The van der Waals surface area contributed by atoms with Gasteiger partial charge >= 0.3 is 0 Å². The van der Waals surface area contributed by atoms with Crippen LogP contribution in [0.1, 0.15) is 10.5 Å². The molecule has 4 nitrogen and oxygen atoms in total. The second-order valence-corrected chi connectivity index (χ2v) is 4.64. The maximum absolute atomic E-state index is 12.2. The van der Waals surface area contributed by atoms with E-state index in [0.29, 0.717) is 5.69 Å². The molecule has 0 unspecified atom stereocenters. The van der Waals surface area contributed by atoms with Crippen molar-refractivity contribution in [2.45, 2.75) is 0 Å². The number of anilines is 1. The predicted octanol–water partition coefficient (Wildman–Crippen LogP) is 2.46. The SMILES string of the molecule is CN(C(=O)c1cc(Br)cn1C)c1ccncc1. The fourth-order valence-electron chi connectivity index (χ4n) is 1.59. The van der Waals surface area contributed by atoms with Crippen LogP contribution in [0, 0.1) is 0 Å². The standard InChI is InChI=1S/C12H12BrN3O/c1-15-8-9(13)7-11(15)12(17)16(2)10-3-5-14-6-4-10/h3-8H,1-2H3. The molecule has 17 heavy (non-hydrogen) atoms. The van der Waals surface area contributed by atoms with Crippen molar-refractivity contribution in [2.24, 2.45) is 7.05 Å². The first-order valence-electron chi connectivity index (χ1n) is 5.09. The lowest BCUT2D eigenvalue weighted by Gasteiger charge is -2.17. The van der Waals surface area contributed by atoms with Gasteiger partial charge in [0.2, 0.25) is 0 Å². The third-order valence-corrected chi connectivity index (χ3v) is 2.98. The Hall–Kier alpha value is -1.62. The van der Waals surface area contributed by atoms with Crippen molar-refractivity contribution >= 4 is 27.5 Å². The summed E-state index contributed by atoms with van der Waals surface area (Å²) in [6.45, 7) is 0. The van der Waals surface area contributed by atoms with E-state index in [4.69, 9.17) is 0 Å². The molecule has 0 saturated heterocycles. The first-order chi connectivity index (χ1) is 8.09. The van der Waals surface area contributed by atoms with Gasteiger partial charge in [-0.1, -0.05) is 0 Å². The molecule has 0 N–H and O–H groups in total. The summed E-state index contributed by atoms with van der Waals surface area (Å²) in [7, 11) is 3.59. The van der Waals surface area contributed by atoms with Crippen molar-refractivity contribution in [2.75, 3.05) is 11.9 Å². The van der Waals surface area contributed by atoms with Crippen molar-refractivity contribution in [3.05, 3.63) is 47.0 Å². The van der Waals surface area contributed by atoms with Crippen LogP contribution in [0.5, 0.6) is 0 Å². The maximum Gasteiger partial charge on any atom is 0.274 e. The second kappa shape index (κ2) is 4.71. The Morgan fingerprint density at radius 3 is 2.59 bits per heavy atom. The molecule has 1 amide bonds. The number of aryl methyl sites for hydroxylation is 1. The number of carbonyl (C=O) groups excluding carboxylic acids is 1. The van der Waals surface area contributed by atoms with Gasteiger partial charge < -0.3 is 9.47 Å². The van der Waals surface area contributed by atoms with Gasteiger partial charge in [-0.15, -0.1) is 0 Å². The molecular weight excluding hydrogens is 282 g/mol. The molecule has 0 aliphatic heterocycles. The van der Waals surface area contributed by atoms with Crippen molar-refractivity contribution < 1.29 is 4.79 Å². The fourth-order valence-corrected chi connectivity index (χ4v) is 2.12. The smallest absolute Gasteiger partial charge is 0.274 e. The number of pyridine rings is 1. The number of rotatable bonds is 2. The second-order valence-electron chi connectivity index (χ2n) is 3.72. The Morgan fingerprint density at radius 2 is 2.06 bits per heavy atom. The van der Waals surface area contributed by atoms with Crippen LogP contribution in [0.2, 0.25) is 0 Å². The zero-order valence-corrected chi connectivity index (χ0v) is 11.2. The van der Waals surface area contributed by atoms with Gasteiger partial charge in [-0.25, -0.2) is 0 Å². The molecule has 2 aromatic heterocycles. The first kappa shape index (κ1) is 11.9. The van der Waals surface area contributed by atoms with Crippen LogP contribution in [-0.2, 0) is 7.05 Å². The molecule has 0 aliphatic carbocycles. The minimum absolute atomic E-state index is 0.0515. The monoisotopic (exact) mass is 293 g/mol.